The van der Waals surface area contributed by atoms with E-state index >= 15 is 0 Å². The molecule has 0 aliphatic carbocycles. The van der Waals surface area contributed by atoms with Crippen molar-refractivity contribution in [1.29, 1.82) is 0 Å². The highest BCUT2D eigenvalue weighted by molar-refractivity contribution is 7.26. The molecule has 0 fully saturated rings. The number of hydrogen-bond donors (Lipinski definition) is 0. The fourth-order valence-corrected chi connectivity index (χ4v) is 9.92. The molecule has 0 aliphatic rings. The molecule has 0 unspecified atom stereocenters. The molecule has 55 heavy (non-hydrogen) atoms. The largest absolute Gasteiger partial charge is 0.309 e. The number of nitrogens with zero attached hydrogens (tertiary/aromatic N) is 2. The Balaban J connectivity index is 0.922. The number of fused-ring (bicyclic) bond motifs is 10. The van der Waals surface area contributed by atoms with Crippen molar-refractivity contribution in [3.63, 3.8) is 0 Å². The molecule has 262 valence electrons. The Morgan fingerprint density at radius 3 is 1.47 bits per heavy atom. The molecule has 0 spiro atoms. The van der Waals surface area contributed by atoms with Gasteiger partial charge in [-0.3, -0.25) is 0 Å². The van der Waals surface area contributed by atoms with Gasteiger partial charge in [0.05, 0.1) is 26.8 Å². The number of aromatic nitrogens is 2. The monoisotopic (exact) mass is 722 g/mol. The molecule has 0 amide bonds. The van der Waals surface area contributed by atoms with E-state index in [1.54, 1.807) is 0 Å². The van der Waals surface area contributed by atoms with Crippen molar-refractivity contribution < 1.29 is 0 Å². The second-order valence-corrected chi connectivity index (χ2v) is 16.8. The number of thiophene rings is 1. The van der Waals surface area contributed by atoms with Crippen molar-refractivity contribution >= 4 is 75.1 Å². The van der Waals surface area contributed by atoms with E-state index in [9.17, 15) is 0 Å². The van der Waals surface area contributed by atoms with Gasteiger partial charge in [0.2, 0.25) is 0 Å². The van der Waals surface area contributed by atoms with Crippen LogP contribution < -0.4 is 0 Å². The van der Waals surface area contributed by atoms with Crippen molar-refractivity contribution in [2.45, 2.75) is 26.2 Å². The minimum atomic E-state index is 0.0963. The van der Waals surface area contributed by atoms with Gasteiger partial charge in [0.15, 0.2) is 0 Å². The van der Waals surface area contributed by atoms with E-state index in [0.717, 1.165) is 0 Å². The average molecular weight is 723 g/mol. The maximum absolute atomic E-state index is 2.46. The highest BCUT2D eigenvalue weighted by Gasteiger charge is 2.19. The Hall–Kier alpha value is -6.42. The van der Waals surface area contributed by atoms with Crippen LogP contribution in [0.5, 0.6) is 0 Å². The molecule has 2 nitrogen and oxygen atoms in total. The summed E-state index contributed by atoms with van der Waals surface area (Å²) in [7, 11) is 0. The number of hydrogen-bond acceptors (Lipinski definition) is 1. The van der Waals surface area contributed by atoms with Crippen LogP contribution in [0.15, 0.2) is 176 Å². The summed E-state index contributed by atoms with van der Waals surface area (Å²) in [6.07, 6.45) is 0. The van der Waals surface area contributed by atoms with Crippen LogP contribution >= 0.6 is 11.3 Å². The quantitative estimate of drug-likeness (QED) is 0.171. The van der Waals surface area contributed by atoms with Crippen LogP contribution in [0.4, 0.5) is 0 Å². The third-order valence-electron chi connectivity index (χ3n) is 11.5. The standard InChI is InChI=1S/C52H38N2S/c1-52(2,3)37-24-31-48-45(32-37)41-11-5-7-13-46(41)53(48)38-25-20-35(21-26-38)33-16-18-34(19-17-33)36-22-27-39(28-23-36)54-47-14-8-4-10-40(47)43-29-30-44-42-12-6-9-15-49(42)55-51(44)50(43)54/h4-32H,1-3H3. The summed E-state index contributed by atoms with van der Waals surface area (Å²) in [5.74, 6) is 0. The van der Waals surface area contributed by atoms with Crippen LogP contribution in [0.3, 0.4) is 0 Å². The Morgan fingerprint density at radius 1 is 0.382 bits per heavy atom. The average Bonchev–Trinajstić information content (AvgIpc) is 3.88. The van der Waals surface area contributed by atoms with Crippen molar-refractivity contribution in [2.24, 2.45) is 0 Å². The highest BCUT2D eigenvalue weighted by atomic mass is 32.1. The second-order valence-electron chi connectivity index (χ2n) is 15.8. The number of rotatable bonds is 4. The summed E-state index contributed by atoms with van der Waals surface area (Å²) in [6, 6.07) is 65.0. The minimum Gasteiger partial charge on any atom is -0.309 e. The van der Waals surface area contributed by atoms with E-state index in [2.05, 4.69) is 206 Å². The Morgan fingerprint density at radius 2 is 0.855 bits per heavy atom. The first-order chi connectivity index (χ1) is 26.9. The fourth-order valence-electron chi connectivity index (χ4n) is 8.68. The van der Waals surface area contributed by atoms with Gasteiger partial charge in [-0.15, -0.1) is 11.3 Å². The van der Waals surface area contributed by atoms with Gasteiger partial charge >= 0.3 is 0 Å². The molecule has 3 heterocycles. The smallest absolute Gasteiger partial charge is 0.0719 e. The van der Waals surface area contributed by atoms with Crippen LogP contribution in [0.2, 0.25) is 0 Å². The maximum Gasteiger partial charge on any atom is 0.0719 e. The molecular formula is C52H38N2S. The van der Waals surface area contributed by atoms with Gasteiger partial charge < -0.3 is 9.13 Å². The van der Waals surface area contributed by atoms with Crippen LogP contribution in [-0.4, -0.2) is 9.13 Å². The predicted molar refractivity (Wildman–Crippen MR) is 238 cm³/mol. The first-order valence-corrected chi connectivity index (χ1v) is 19.9. The van der Waals surface area contributed by atoms with E-state index < -0.39 is 0 Å². The first-order valence-electron chi connectivity index (χ1n) is 19.1. The molecule has 0 saturated carbocycles. The Kier molecular flexibility index (Phi) is 7.02. The predicted octanol–water partition coefficient (Wildman–Crippen LogP) is 14.9. The summed E-state index contributed by atoms with van der Waals surface area (Å²) >= 11 is 1.89. The lowest BCUT2D eigenvalue weighted by Crippen LogP contribution is -2.10. The zero-order valence-electron chi connectivity index (χ0n) is 31.0. The van der Waals surface area contributed by atoms with Crippen molar-refractivity contribution in [2.75, 3.05) is 0 Å². The van der Waals surface area contributed by atoms with Crippen molar-refractivity contribution in [3.8, 4) is 33.6 Å². The van der Waals surface area contributed by atoms with Gasteiger partial charge in [0.25, 0.3) is 0 Å². The number of benzene rings is 8. The van der Waals surface area contributed by atoms with Crippen LogP contribution in [0, 0.1) is 0 Å². The lowest BCUT2D eigenvalue weighted by atomic mass is 9.86. The van der Waals surface area contributed by atoms with Crippen LogP contribution in [-0.2, 0) is 5.41 Å². The summed E-state index contributed by atoms with van der Waals surface area (Å²) < 4.78 is 7.53. The zero-order chi connectivity index (χ0) is 36.8. The zero-order valence-corrected chi connectivity index (χ0v) is 31.9. The molecule has 0 N–H and O–H groups in total. The molecule has 0 atom stereocenters. The van der Waals surface area contributed by atoms with E-state index in [4.69, 9.17) is 0 Å². The molecule has 0 saturated heterocycles. The van der Waals surface area contributed by atoms with Gasteiger partial charge in [0.1, 0.15) is 0 Å². The highest BCUT2D eigenvalue weighted by Crippen LogP contribution is 2.43. The molecule has 3 aromatic heterocycles. The fraction of sp³-hybridized carbons (Fsp3) is 0.0769. The van der Waals surface area contributed by atoms with Crippen LogP contribution in [0.1, 0.15) is 26.3 Å². The molecule has 0 radical (unpaired) electrons. The van der Waals surface area contributed by atoms with Gasteiger partial charge in [-0.1, -0.05) is 142 Å². The van der Waals surface area contributed by atoms with E-state index in [1.807, 2.05) is 11.3 Å². The van der Waals surface area contributed by atoms with Gasteiger partial charge in [-0.05, 0) is 87.8 Å². The first kappa shape index (κ1) is 32.0. The van der Waals surface area contributed by atoms with E-state index in [-0.39, 0.29) is 5.41 Å². The third-order valence-corrected chi connectivity index (χ3v) is 12.7. The Bertz CT molecular complexity index is 3260. The van der Waals surface area contributed by atoms with Gasteiger partial charge in [-0.2, -0.15) is 0 Å². The van der Waals surface area contributed by atoms with E-state index in [1.165, 1.54) is 103 Å². The summed E-state index contributed by atoms with van der Waals surface area (Å²) in [5.41, 5.74) is 13.6. The SMILES string of the molecule is CC(C)(C)c1ccc2c(c1)c1ccccc1n2-c1ccc(-c2ccc(-c3ccc(-n4c5ccccc5c5ccc6c7ccccc7sc6c54)cc3)cc2)cc1. The lowest BCUT2D eigenvalue weighted by Gasteiger charge is -2.19. The minimum absolute atomic E-state index is 0.0963. The van der Waals surface area contributed by atoms with E-state index in [0.29, 0.717) is 0 Å². The molecular weight excluding hydrogens is 685 g/mol. The second kappa shape index (κ2) is 12.0. The van der Waals surface area contributed by atoms with Crippen molar-refractivity contribution in [1.82, 2.24) is 9.13 Å². The molecule has 0 bridgehead atoms. The van der Waals surface area contributed by atoms with Gasteiger partial charge in [-0.25, -0.2) is 0 Å². The summed E-state index contributed by atoms with van der Waals surface area (Å²) in [5, 5.41) is 7.83. The van der Waals surface area contributed by atoms with Crippen LogP contribution in [0.25, 0.3) is 97.4 Å². The molecule has 0 aliphatic heterocycles. The lowest BCUT2D eigenvalue weighted by molar-refractivity contribution is 0.591. The molecule has 3 heteroatoms. The van der Waals surface area contributed by atoms with Crippen molar-refractivity contribution in [3.05, 3.63) is 181 Å². The maximum atomic E-state index is 2.46. The Labute approximate surface area is 324 Å². The third kappa shape index (κ3) is 5.00. The van der Waals surface area contributed by atoms with Gasteiger partial charge in [0, 0.05) is 48.4 Å². The molecule has 11 rings (SSSR count). The topological polar surface area (TPSA) is 9.86 Å². The molecule has 8 aromatic carbocycles. The summed E-state index contributed by atoms with van der Waals surface area (Å²) in [6.45, 7) is 6.85. The normalized spacial score (nSPS) is 12.3. The number of para-hydroxylation sites is 2. The molecule has 11 aromatic rings. The summed E-state index contributed by atoms with van der Waals surface area (Å²) in [4.78, 5) is 0.